The van der Waals surface area contributed by atoms with Crippen molar-refractivity contribution in [2.45, 2.75) is 25.8 Å². The van der Waals surface area contributed by atoms with Crippen LogP contribution in [0.1, 0.15) is 19.8 Å². The molecular weight excluding hydrogens is 204 g/mol. The normalized spacial score (nSPS) is 26.4. The first-order chi connectivity index (χ1) is 7.75. The SMILES string of the molecule is CC1=CCN(C(=O)CC2COCCN2)CC1. The van der Waals surface area contributed by atoms with Crippen LogP contribution in [0.2, 0.25) is 0 Å². The molecule has 0 aromatic rings. The lowest BCUT2D eigenvalue weighted by Crippen LogP contribution is -2.45. The fraction of sp³-hybridized carbons (Fsp3) is 0.750. The molecule has 1 amide bonds. The van der Waals surface area contributed by atoms with Gasteiger partial charge in [-0.15, -0.1) is 0 Å². The maximum absolute atomic E-state index is 12.0. The van der Waals surface area contributed by atoms with E-state index in [9.17, 15) is 4.79 Å². The predicted molar refractivity (Wildman–Crippen MR) is 62.2 cm³/mol. The van der Waals surface area contributed by atoms with Crippen molar-refractivity contribution in [1.29, 1.82) is 0 Å². The number of rotatable bonds is 2. The van der Waals surface area contributed by atoms with Gasteiger partial charge in [-0.2, -0.15) is 0 Å². The largest absolute Gasteiger partial charge is 0.378 e. The van der Waals surface area contributed by atoms with Crippen molar-refractivity contribution in [1.82, 2.24) is 10.2 Å². The Hall–Kier alpha value is -0.870. The minimum absolute atomic E-state index is 0.202. The molecule has 4 nitrogen and oxygen atoms in total. The molecule has 1 unspecified atom stereocenters. The van der Waals surface area contributed by atoms with E-state index in [1.807, 2.05) is 4.90 Å². The Balaban J connectivity index is 1.79. The molecule has 1 saturated heterocycles. The van der Waals surface area contributed by atoms with Gasteiger partial charge in [0.15, 0.2) is 0 Å². The third-order valence-electron chi connectivity index (χ3n) is 3.21. The zero-order valence-electron chi connectivity index (χ0n) is 9.87. The van der Waals surface area contributed by atoms with Crippen LogP contribution < -0.4 is 5.32 Å². The highest BCUT2D eigenvalue weighted by Crippen LogP contribution is 2.11. The minimum atomic E-state index is 0.202. The Morgan fingerprint density at radius 2 is 2.56 bits per heavy atom. The zero-order chi connectivity index (χ0) is 11.4. The number of carbonyl (C=O) groups is 1. The van der Waals surface area contributed by atoms with E-state index in [0.29, 0.717) is 13.0 Å². The average molecular weight is 224 g/mol. The molecule has 0 radical (unpaired) electrons. The van der Waals surface area contributed by atoms with Crippen LogP contribution in [-0.4, -0.2) is 49.7 Å². The molecule has 0 bridgehead atoms. The van der Waals surface area contributed by atoms with E-state index in [1.165, 1.54) is 5.57 Å². The number of amides is 1. The Labute approximate surface area is 96.6 Å². The van der Waals surface area contributed by atoms with Crippen LogP contribution in [0.25, 0.3) is 0 Å². The summed E-state index contributed by atoms with van der Waals surface area (Å²) >= 11 is 0. The van der Waals surface area contributed by atoms with Gasteiger partial charge in [-0.1, -0.05) is 11.6 Å². The number of nitrogens with zero attached hydrogens (tertiary/aromatic N) is 1. The summed E-state index contributed by atoms with van der Waals surface area (Å²) in [5.74, 6) is 0.242. The monoisotopic (exact) mass is 224 g/mol. The first kappa shape index (κ1) is 11.6. The van der Waals surface area contributed by atoms with Gasteiger partial charge in [0, 0.05) is 32.1 Å². The lowest BCUT2D eigenvalue weighted by Gasteiger charge is -2.29. The zero-order valence-corrected chi connectivity index (χ0v) is 9.87. The molecule has 1 fully saturated rings. The van der Waals surface area contributed by atoms with Crippen LogP contribution in [0.4, 0.5) is 0 Å². The van der Waals surface area contributed by atoms with Gasteiger partial charge in [0.25, 0.3) is 0 Å². The molecule has 0 aromatic heterocycles. The van der Waals surface area contributed by atoms with E-state index >= 15 is 0 Å². The standard InChI is InChI=1S/C12H20N2O2/c1-10-2-5-14(6-3-10)12(15)8-11-9-16-7-4-13-11/h2,11,13H,3-9H2,1H3. The number of nitrogens with one attached hydrogen (secondary N) is 1. The smallest absolute Gasteiger partial charge is 0.224 e. The van der Waals surface area contributed by atoms with Gasteiger partial charge in [-0.25, -0.2) is 0 Å². The molecule has 0 aromatic carbocycles. The van der Waals surface area contributed by atoms with E-state index in [4.69, 9.17) is 4.74 Å². The third kappa shape index (κ3) is 3.06. The molecule has 16 heavy (non-hydrogen) atoms. The highest BCUT2D eigenvalue weighted by molar-refractivity contribution is 5.77. The van der Waals surface area contributed by atoms with Crippen molar-refractivity contribution in [3.05, 3.63) is 11.6 Å². The molecule has 4 heteroatoms. The molecule has 2 heterocycles. The van der Waals surface area contributed by atoms with E-state index in [2.05, 4.69) is 18.3 Å². The van der Waals surface area contributed by atoms with Gasteiger partial charge in [0.2, 0.25) is 5.91 Å². The first-order valence-electron chi connectivity index (χ1n) is 6.00. The molecule has 2 rings (SSSR count). The van der Waals surface area contributed by atoms with E-state index in [-0.39, 0.29) is 11.9 Å². The van der Waals surface area contributed by atoms with Gasteiger partial charge in [0.05, 0.1) is 13.2 Å². The van der Waals surface area contributed by atoms with E-state index < -0.39 is 0 Å². The Bertz CT molecular complexity index is 283. The molecular formula is C12H20N2O2. The molecule has 0 spiro atoms. The van der Waals surface area contributed by atoms with Crippen LogP contribution in [0.15, 0.2) is 11.6 Å². The van der Waals surface area contributed by atoms with Crippen LogP contribution in [-0.2, 0) is 9.53 Å². The molecule has 0 saturated carbocycles. The van der Waals surface area contributed by atoms with Crippen LogP contribution in [0.5, 0.6) is 0 Å². The molecule has 0 aliphatic carbocycles. The topological polar surface area (TPSA) is 41.6 Å². The summed E-state index contributed by atoms with van der Waals surface area (Å²) in [5.41, 5.74) is 1.39. The first-order valence-corrected chi connectivity index (χ1v) is 6.00. The molecule has 1 N–H and O–H groups in total. The Morgan fingerprint density at radius 3 is 3.19 bits per heavy atom. The van der Waals surface area contributed by atoms with Crippen molar-refractivity contribution in [2.24, 2.45) is 0 Å². The number of hydrogen-bond acceptors (Lipinski definition) is 3. The second kappa shape index (κ2) is 5.46. The molecule has 2 aliphatic heterocycles. The van der Waals surface area contributed by atoms with E-state index in [0.717, 1.165) is 32.7 Å². The van der Waals surface area contributed by atoms with Crippen LogP contribution in [0.3, 0.4) is 0 Å². The van der Waals surface area contributed by atoms with Gasteiger partial charge >= 0.3 is 0 Å². The van der Waals surface area contributed by atoms with E-state index in [1.54, 1.807) is 0 Å². The Kier molecular flexibility index (Phi) is 3.96. The van der Waals surface area contributed by atoms with Crippen LogP contribution in [0, 0.1) is 0 Å². The van der Waals surface area contributed by atoms with Gasteiger partial charge in [0.1, 0.15) is 0 Å². The lowest BCUT2D eigenvalue weighted by atomic mass is 10.1. The number of carbonyl (C=O) groups excluding carboxylic acids is 1. The minimum Gasteiger partial charge on any atom is -0.378 e. The molecule has 2 aliphatic rings. The summed E-state index contributed by atoms with van der Waals surface area (Å²) in [6.07, 6.45) is 3.72. The highest BCUT2D eigenvalue weighted by atomic mass is 16.5. The van der Waals surface area contributed by atoms with Crippen molar-refractivity contribution in [3.63, 3.8) is 0 Å². The number of ether oxygens (including phenoxy) is 1. The number of hydrogen-bond donors (Lipinski definition) is 1. The second-order valence-corrected chi connectivity index (χ2v) is 4.57. The van der Waals surface area contributed by atoms with Crippen LogP contribution >= 0.6 is 0 Å². The van der Waals surface area contributed by atoms with Crippen molar-refractivity contribution in [3.8, 4) is 0 Å². The quantitative estimate of drug-likeness (QED) is 0.696. The third-order valence-corrected chi connectivity index (χ3v) is 3.21. The molecule has 90 valence electrons. The summed E-state index contributed by atoms with van der Waals surface area (Å²) in [5, 5.41) is 3.31. The van der Waals surface area contributed by atoms with Crippen molar-refractivity contribution in [2.75, 3.05) is 32.8 Å². The summed E-state index contributed by atoms with van der Waals surface area (Å²) in [4.78, 5) is 13.9. The highest BCUT2D eigenvalue weighted by Gasteiger charge is 2.21. The second-order valence-electron chi connectivity index (χ2n) is 4.57. The summed E-state index contributed by atoms with van der Waals surface area (Å²) < 4.78 is 5.34. The summed E-state index contributed by atoms with van der Waals surface area (Å²) in [6, 6.07) is 0.202. The fourth-order valence-electron chi connectivity index (χ4n) is 2.09. The maximum Gasteiger partial charge on any atom is 0.224 e. The van der Waals surface area contributed by atoms with Crippen molar-refractivity contribution < 1.29 is 9.53 Å². The van der Waals surface area contributed by atoms with Gasteiger partial charge in [-0.3, -0.25) is 4.79 Å². The average Bonchev–Trinajstić information content (AvgIpc) is 2.31. The maximum atomic E-state index is 12.0. The Morgan fingerprint density at radius 1 is 1.69 bits per heavy atom. The van der Waals surface area contributed by atoms with Gasteiger partial charge < -0.3 is 15.0 Å². The summed E-state index contributed by atoms with van der Waals surface area (Å²) in [7, 11) is 0. The molecule has 1 atom stereocenters. The van der Waals surface area contributed by atoms with Gasteiger partial charge in [-0.05, 0) is 13.3 Å². The fourth-order valence-corrected chi connectivity index (χ4v) is 2.09. The number of morpholine rings is 1. The predicted octanol–water partition coefficient (Wildman–Crippen LogP) is 0.544. The van der Waals surface area contributed by atoms with Crippen molar-refractivity contribution >= 4 is 5.91 Å². The lowest BCUT2D eigenvalue weighted by molar-refractivity contribution is -0.132. The summed E-state index contributed by atoms with van der Waals surface area (Å²) in [6.45, 7) is 6.05.